The smallest absolute Gasteiger partial charge is 0.261 e. The molecule has 0 fully saturated rings. The van der Waals surface area contributed by atoms with Gasteiger partial charge in [0.25, 0.3) is 5.91 Å². The summed E-state index contributed by atoms with van der Waals surface area (Å²) in [5.41, 5.74) is -0.219. The number of anilines is 1. The molecule has 23 heavy (non-hydrogen) atoms. The van der Waals surface area contributed by atoms with Crippen LogP contribution in [-0.4, -0.2) is 16.8 Å². The summed E-state index contributed by atoms with van der Waals surface area (Å²) in [4.78, 5) is 24.3. The number of hydrogen-bond donors (Lipinski definition) is 2. The second-order valence-corrected chi connectivity index (χ2v) is 5.83. The summed E-state index contributed by atoms with van der Waals surface area (Å²) in [5.74, 6) is -0.962. The maximum absolute atomic E-state index is 12.2. The zero-order valence-electron chi connectivity index (χ0n) is 12.1. The van der Waals surface area contributed by atoms with Gasteiger partial charge in [-0.1, -0.05) is 48.0 Å². The first-order valence-corrected chi connectivity index (χ1v) is 7.47. The molecule has 1 aliphatic heterocycles. The zero-order valence-corrected chi connectivity index (χ0v) is 12.9. The molecular formula is C18H14ClNO3. The fourth-order valence-corrected chi connectivity index (χ4v) is 2.73. The Morgan fingerprint density at radius 3 is 2.70 bits per heavy atom. The van der Waals surface area contributed by atoms with Crippen LogP contribution in [0.4, 0.5) is 5.69 Å². The summed E-state index contributed by atoms with van der Waals surface area (Å²) in [5, 5.41) is 13.6. The van der Waals surface area contributed by atoms with Crippen LogP contribution in [-0.2, 0) is 15.2 Å². The quantitative estimate of drug-likeness (QED) is 0.848. The maximum Gasteiger partial charge on any atom is 0.261 e. The van der Waals surface area contributed by atoms with Gasteiger partial charge in [-0.05, 0) is 29.8 Å². The third kappa shape index (κ3) is 3.04. The van der Waals surface area contributed by atoms with Crippen molar-refractivity contribution in [3.8, 4) is 0 Å². The lowest BCUT2D eigenvalue weighted by Gasteiger charge is -2.19. The van der Waals surface area contributed by atoms with Crippen molar-refractivity contribution < 1.29 is 14.7 Å². The minimum atomic E-state index is -1.89. The van der Waals surface area contributed by atoms with Crippen LogP contribution in [0.1, 0.15) is 17.5 Å². The summed E-state index contributed by atoms with van der Waals surface area (Å²) in [7, 11) is 0. The molecule has 2 aromatic rings. The van der Waals surface area contributed by atoms with Gasteiger partial charge in [-0.2, -0.15) is 0 Å². The molecule has 0 spiro atoms. The molecule has 3 rings (SSSR count). The highest BCUT2D eigenvalue weighted by Gasteiger charge is 2.46. The molecule has 2 aromatic carbocycles. The van der Waals surface area contributed by atoms with Crippen LogP contribution in [0.25, 0.3) is 6.08 Å². The molecule has 1 aliphatic rings. The zero-order chi connectivity index (χ0) is 16.4. The molecule has 0 bridgehead atoms. The third-order valence-corrected chi connectivity index (χ3v) is 3.98. The molecule has 0 aromatic heterocycles. The van der Waals surface area contributed by atoms with E-state index in [2.05, 4.69) is 5.32 Å². The van der Waals surface area contributed by atoms with E-state index < -0.39 is 11.5 Å². The maximum atomic E-state index is 12.2. The molecule has 1 atom stereocenters. The van der Waals surface area contributed by atoms with E-state index >= 15 is 0 Å². The van der Waals surface area contributed by atoms with Gasteiger partial charge in [-0.3, -0.25) is 9.59 Å². The summed E-state index contributed by atoms with van der Waals surface area (Å²) in [6, 6.07) is 14.0. The summed E-state index contributed by atoms with van der Waals surface area (Å²) >= 11 is 5.93. The molecule has 2 N–H and O–H groups in total. The number of allylic oxidation sites excluding steroid dienone is 1. The summed E-state index contributed by atoms with van der Waals surface area (Å²) < 4.78 is 0. The van der Waals surface area contributed by atoms with E-state index in [1.807, 2.05) is 30.3 Å². The van der Waals surface area contributed by atoms with Gasteiger partial charge in [0.05, 0.1) is 6.42 Å². The first-order valence-electron chi connectivity index (χ1n) is 7.09. The van der Waals surface area contributed by atoms with E-state index in [9.17, 15) is 14.7 Å². The monoisotopic (exact) mass is 327 g/mol. The predicted molar refractivity (Wildman–Crippen MR) is 89.1 cm³/mol. The molecule has 1 heterocycles. The van der Waals surface area contributed by atoms with Gasteiger partial charge in [0, 0.05) is 16.3 Å². The second-order valence-electron chi connectivity index (χ2n) is 5.39. The Morgan fingerprint density at radius 2 is 1.96 bits per heavy atom. The number of aliphatic hydroxyl groups is 1. The normalized spacial score (nSPS) is 19.7. The Kier molecular flexibility index (Phi) is 4.03. The first kappa shape index (κ1) is 15.5. The average Bonchev–Trinajstić information content (AvgIpc) is 2.78. The Morgan fingerprint density at radius 1 is 1.22 bits per heavy atom. The number of rotatable bonds is 4. The molecule has 0 aliphatic carbocycles. The SMILES string of the molecule is O=C(/C=C/c1ccccc1)C[C@]1(O)C(=O)Nc2ccc(Cl)cc21. The Hall–Kier alpha value is -2.43. The van der Waals surface area contributed by atoms with Crippen molar-refractivity contribution in [1.29, 1.82) is 0 Å². The number of benzene rings is 2. The van der Waals surface area contributed by atoms with Crippen LogP contribution < -0.4 is 5.32 Å². The minimum Gasteiger partial charge on any atom is -0.375 e. The molecule has 0 unspecified atom stereocenters. The number of halogens is 1. The highest BCUT2D eigenvalue weighted by atomic mass is 35.5. The molecule has 1 amide bonds. The predicted octanol–water partition coefficient (Wildman–Crippen LogP) is 3.15. The Labute approximate surface area is 138 Å². The van der Waals surface area contributed by atoms with Crippen molar-refractivity contribution >= 4 is 35.1 Å². The lowest BCUT2D eigenvalue weighted by molar-refractivity contribution is -0.138. The van der Waals surface area contributed by atoms with Crippen molar-refractivity contribution in [2.45, 2.75) is 12.0 Å². The van der Waals surface area contributed by atoms with Gasteiger partial charge >= 0.3 is 0 Å². The van der Waals surface area contributed by atoms with Crippen LogP contribution >= 0.6 is 11.6 Å². The minimum absolute atomic E-state index is 0.330. The number of carbonyl (C=O) groups excluding carboxylic acids is 2. The van der Waals surface area contributed by atoms with Crippen molar-refractivity contribution in [3.05, 3.63) is 70.8 Å². The van der Waals surface area contributed by atoms with E-state index in [1.165, 1.54) is 12.1 Å². The van der Waals surface area contributed by atoms with E-state index in [1.54, 1.807) is 18.2 Å². The van der Waals surface area contributed by atoms with Crippen molar-refractivity contribution in [1.82, 2.24) is 0 Å². The number of fused-ring (bicyclic) bond motifs is 1. The third-order valence-electron chi connectivity index (χ3n) is 3.74. The number of hydrogen-bond acceptors (Lipinski definition) is 3. The molecule has 0 saturated carbocycles. The van der Waals surface area contributed by atoms with Gasteiger partial charge in [-0.25, -0.2) is 0 Å². The summed E-state index contributed by atoms with van der Waals surface area (Å²) in [6.07, 6.45) is 2.68. The van der Waals surface area contributed by atoms with Gasteiger partial charge < -0.3 is 10.4 Å². The van der Waals surface area contributed by atoms with Crippen LogP contribution in [0.15, 0.2) is 54.6 Å². The molecule has 0 saturated heterocycles. The number of amides is 1. The number of nitrogens with one attached hydrogen (secondary N) is 1. The van der Waals surface area contributed by atoms with Gasteiger partial charge in [0.1, 0.15) is 0 Å². The van der Waals surface area contributed by atoms with Gasteiger partial charge in [0.2, 0.25) is 0 Å². The molecule has 116 valence electrons. The van der Waals surface area contributed by atoms with Crippen molar-refractivity contribution in [3.63, 3.8) is 0 Å². The largest absolute Gasteiger partial charge is 0.375 e. The van der Waals surface area contributed by atoms with E-state index in [0.29, 0.717) is 16.3 Å². The Bertz CT molecular complexity index is 801. The van der Waals surface area contributed by atoms with E-state index in [0.717, 1.165) is 5.56 Å². The average molecular weight is 328 g/mol. The highest BCUT2D eigenvalue weighted by molar-refractivity contribution is 6.31. The Balaban J connectivity index is 1.82. The standard InChI is InChI=1S/C18H14ClNO3/c19-13-7-9-16-15(10-13)18(23,17(22)20-16)11-14(21)8-6-12-4-2-1-3-5-12/h1-10,23H,11H2,(H,20,22)/b8-6+/t18-/m1/s1. The van der Waals surface area contributed by atoms with Crippen LogP contribution in [0.2, 0.25) is 5.02 Å². The molecule has 4 nitrogen and oxygen atoms in total. The highest BCUT2D eigenvalue weighted by Crippen LogP contribution is 2.39. The number of carbonyl (C=O) groups is 2. The van der Waals surface area contributed by atoms with Crippen molar-refractivity contribution in [2.24, 2.45) is 0 Å². The lowest BCUT2D eigenvalue weighted by atomic mass is 9.89. The lowest BCUT2D eigenvalue weighted by Crippen LogP contribution is -2.36. The fraction of sp³-hybridized carbons (Fsp3) is 0.111. The van der Waals surface area contributed by atoms with Gasteiger partial charge in [0.15, 0.2) is 11.4 Å². The van der Waals surface area contributed by atoms with E-state index in [4.69, 9.17) is 11.6 Å². The van der Waals surface area contributed by atoms with Crippen LogP contribution in [0.5, 0.6) is 0 Å². The fourth-order valence-electron chi connectivity index (χ4n) is 2.56. The van der Waals surface area contributed by atoms with E-state index in [-0.39, 0.29) is 12.2 Å². The van der Waals surface area contributed by atoms with Crippen LogP contribution in [0.3, 0.4) is 0 Å². The number of ketones is 1. The topological polar surface area (TPSA) is 66.4 Å². The van der Waals surface area contributed by atoms with Crippen LogP contribution in [0, 0.1) is 0 Å². The first-order chi connectivity index (χ1) is 11.0. The molecule has 5 heteroatoms. The summed E-state index contributed by atoms with van der Waals surface area (Å²) in [6.45, 7) is 0. The molecule has 0 radical (unpaired) electrons. The van der Waals surface area contributed by atoms with Crippen molar-refractivity contribution in [2.75, 3.05) is 5.32 Å². The molecular weight excluding hydrogens is 314 g/mol. The van der Waals surface area contributed by atoms with Gasteiger partial charge in [-0.15, -0.1) is 0 Å². The second kappa shape index (κ2) is 5.99.